The van der Waals surface area contributed by atoms with Gasteiger partial charge >= 0.3 is 5.97 Å². The fourth-order valence-electron chi connectivity index (χ4n) is 3.14. The minimum Gasteiger partial charge on any atom is -0.489 e. The summed E-state index contributed by atoms with van der Waals surface area (Å²) in [4.78, 5) is 25.3. The van der Waals surface area contributed by atoms with Crippen molar-refractivity contribution in [2.75, 3.05) is 13.1 Å². The average Bonchev–Trinajstić information content (AvgIpc) is 2.98. The molecule has 0 radical (unpaired) electrons. The first-order valence-corrected chi connectivity index (χ1v) is 9.13. The molecule has 8 nitrogen and oxygen atoms in total. The number of aromatic nitrogens is 1. The van der Waals surface area contributed by atoms with Gasteiger partial charge in [0.1, 0.15) is 18.1 Å². The SMILES string of the molecule is Cc1noc(C)c1COc1ccc(CC(=O)N2CC(C(=O)O)O[C@H](C)C2)cc1. The van der Waals surface area contributed by atoms with Crippen LogP contribution in [0.5, 0.6) is 5.75 Å². The maximum Gasteiger partial charge on any atom is 0.334 e. The van der Waals surface area contributed by atoms with Crippen molar-refractivity contribution in [3.8, 4) is 5.75 Å². The third kappa shape index (κ3) is 4.69. The van der Waals surface area contributed by atoms with E-state index in [0.29, 0.717) is 18.9 Å². The lowest BCUT2D eigenvalue weighted by atomic mass is 10.1. The number of carboxylic acid groups (broad SMARTS) is 1. The zero-order valence-corrected chi connectivity index (χ0v) is 16.2. The summed E-state index contributed by atoms with van der Waals surface area (Å²) in [6.07, 6.45) is -1.09. The number of carboxylic acids is 1. The van der Waals surface area contributed by atoms with Crippen LogP contribution in [-0.4, -0.2) is 52.3 Å². The predicted octanol–water partition coefficient (Wildman–Crippen LogP) is 2.11. The highest BCUT2D eigenvalue weighted by Crippen LogP contribution is 2.19. The van der Waals surface area contributed by atoms with Crippen molar-refractivity contribution in [2.45, 2.75) is 46.0 Å². The van der Waals surface area contributed by atoms with E-state index in [4.69, 9.17) is 19.1 Å². The van der Waals surface area contributed by atoms with Crippen molar-refractivity contribution in [3.05, 3.63) is 46.8 Å². The van der Waals surface area contributed by atoms with Crippen molar-refractivity contribution < 1.29 is 28.7 Å². The second kappa shape index (κ2) is 8.43. The van der Waals surface area contributed by atoms with E-state index in [1.54, 1.807) is 11.8 Å². The van der Waals surface area contributed by atoms with Gasteiger partial charge in [0.05, 0.1) is 30.3 Å². The van der Waals surface area contributed by atoms with Gasteiger partial charge in [-0.3, -0.25) is 4.79 Å². The Morgan fingerprint density at radius 3 is 2.57 bits per heavy atom. The topological polar surface area (TPSA) is 102 Å². The smallest absolute Gasteiger partial charge is 0.334 e. The van der Waals surface area contributed by atoms with E-state index >= 15 is 0 Å². The third-order valence-corrected chi connectivity index (χ3v) is 4.73. The van der Waals surface area contributed by atoms with Gasteiger partial charge in [-0.25, -0.2) is 4.79 Å². The summed E-state index contributed by atoms with van der Waals surface area (Å²) < 4.78 is 16.2. The molecule has 1 saturated heterocycles. The number of ether oxygens (including phenoxy) is 2. The first-order valence-electron chi connectivity index (χ1n) is 9.13. The fraction of sp³-hybridized carbons (Fsp3) is 0.450. The minimum atomic E-state index is -1.05. The molecule has 0 spiro atoms. The zero-order valence-electron chi connectivity index (χ0n) is 16.2. The fourth-order valence-corrected chi connectivity index (χ4v) is 3.14. The lowest BCUT2D eigenvalue weighted by Crippen LogP contribution is -2.52. The molecule has 3 rings (SSSR count). The molecule has 0 saturated carbocycles. The van der Waals surface area contributed by atoms with Crippen LogP contribution >= 0.6 is 0 Å². The normalized spacial score (nSPS) is 19.5. The standard InChI is InChI=1S/C20H24N2O6/c1-12-9-22(10-18(27-12)20(24)25)19(23)8-15-4-6-16(7-5-15)26-11-17-13(2)21-28-14(17)3/h4-7,12,18H,8-11H2,1-3H3,(H,24,25)/t12-,18?/m1/s1. The molecule has 150 valence electrons. The number of morpholine rings is 1. The number of amides is 1. The Bertz CT molecular complexity index is 825. The lowest BCUT2D eigenvalue weighted by Gasteiger charge is -2.35. The molecular weight excluding hydrogens is 364 g/mol. The van der Waals surface area contributed by atoms with E-state index in [0.717, 1.165) is 22.6 Å². The van der Waals surface area contributed by atoms with Gasteiger partial charge in [0.15, 0.2) is 6.10 Å². The summed E-state index contributed by atoms with van der Waals surface area (Å²) in [6.45, 7) is 6.29. The number of rotatable bonds is 6. The van der Waals surface area contributed by atoms with E-state index in [-0.39, 0.29) is 25.0 Å². The van der Waals surface area contributed by atoms with Gasteiger partial charge in [-0.2, -0.15) is 0 Å². The van der Waals surface area contributed by atoms with Crippen LogP contribution < -0.4 is 4.74 Å². The maximum absolute atomic E-state index is 12.6. The molecule has 2 aromatic rings. The van der Waals surface area contributed by atoms with E-state index in [9.17, 15) is 9.59 Å². The Kier molecular flexibility index (Phi) is 5.99. The van der Waals surface area contributed by atoms with Crippen molar-refractivity contribution >= 4 is 11.9 Å². The monoisotopic (exact) mass is 388 g/mol. The molecule has 1 amide bonds. The summed E-state index contributed by atoms with van der Waals surface area (Å²) in [6, 6.07) is 7.28. The lowest BCUT2D eigenvalue weighted by molar-refractivity contribution is -0.166. The van der Waals surface area contributed by atoms with Gasteiger partial charge in [-0.05, 0) is 38.5 Å². The highest BCUT2D eigenvalue weighted by atomic mass is 16.5. The number of hydrogen-bond donors (Lipinski definition) is 1. The number of aliphatic carboxylic acids is 1. The third-order valence-electron chi connectivity index (χ3n) is 4.73. The number of carbonyl (C=O) groups excluding carboxylic acids is 1. The molecule has 0 bridgehead atoms. The van der Waals surface area contributed by atoms with Crippen LogP contribution in [0.4, 0.5) is 0 Å². The molecular formula is C20H24N2O6. The van der Waals surface area contributed by atoms with E-state index in [1.807, 2.05) is 38.1 Å². The van der Waals surface area contributed by atoms with Crippen molar-refractivity contribution in [2.24, 2.45) is 0 Å². The first-order chi connectivity index (χ1) is 13.3. The van der Waals surface area contributed by atoms with Crippen molar-refractivity contribution in [1.29, 1.82) is 0 Å². The van der Waals surface area contributed by atoms with E-state index < -0.39 is 12.1 Å². The molecule has 2 heterocycles. The van der Waals surface area contributed by atoms with Crippen LogP contribution in [0, 0.1) is 13.8 Å². The summed E-state index contributed by atoms with van der Waals surface area (Å²) >= 11 is 0. The molecule has 1 fully saturated rings. The highest BCUT2D eigenvalue weighted by molar-refractivity contribution is 5.80. The summed E-state index contributed by atoms with van der Waals surface area (Å²) in [5, 5.41) is 13.0. The van der Waals surface area contributed by atoms with Crippen molar-refractivity contribution in [1.82, 2.24) is 10.1 Å². The Balaban J connectivity index is 1.56. The van der Waals surface area contributed by atoms with Gasteiger partial charge in [-0.1, -0.05) is 17.3 Å². The van der Waals surface area contributed by atoms with E-state index in [1.165, 1.54) is 0 Å². The zero-order chi connectivity index (χ0) is 20.3. The van der Waals surface area contributed by atoms with Crippen LogP contribution in [0.15, 0.2) is 28.8 Å². The van der Waals surface area contributed by atoms with Crippen LogP contribution in [0.2, 0.25) is 0 Å². The van der Waals surface area contributed by atoms with Crippen LogP contribution in [0.3, 0.4) is 0 Å². The number of carbonyl (C=O) groups is 2. The molecule has 0 aliphatic carbocycles. The number of hydrogen-bond acceptors (Lipinski definition) is 6. The molecule has 1 aliphatic rings. The van der Waals surface area contributed by atoms with Gasteiger partial charge < -0.3 is 24.0 Å². The highest BCUT2D eigenvalue weighted by Gasteiger charge is 2.32. The molecule has 2 atom stereocenters. The van der Waals surface area contributed by atoms with Gasteiger partial charge in [0.25, 0.3) is 0 Å². The van der Waals surface area contributed by atoms with E-state index in [2.05, 4.69) is 5.16 Å². The summed E-state index contributed by atoms with van der Waals surface area (Å²) in [7, 11) is 0. The quantitative estimate of drug-likeness (QED) is 0.808. The Hall–Kier alpha value is -2.87. The average molecular weight is 388 g/mol. The van der Waals surface area contributed by atoms with Gasteiger partial charge in [0, 0.05) is 6.54 Å². The predicted molar refractivity (Wildman–Crippen MR) is 99.0 cm³/mol. The largest absolute Gasteiger partial charge is 0.489 e. The Morgan fingerprint density at radius 1 is 1.25 bits per heavy atom. The van der Waals surface area contributed by atoms with Crippen molar-refractivity contribution in [3.63, 3.8) is 0 Å². The number of benzene rings is 1. The van der Waals surface area contributed by atoms with Crippen LogP contribution in [0.1, 0.15) is 29.5 Å². The Morgan fingerprint density at radius 2 is 1.96 bits per heavy atom. The maximum atomic E-state index is 12.6. The first kappa shape index (κ1) is 19.9. The van der Waals surface area contributed by atoms with Gasteiger partial charge in [-0.15, -0.1) is 0 Å². The molecule has 1 aliphatic heterocycles. The number of aryl methyl sites for hydroxylation is 2. The molecule has 1 aromatic carbocycles. The minimum absolute atomic E-state index is 0.0666. The van der Waals surface area contributed by atoms with Crippen LogP contribution in [-0.2, 0) is 27.4 Å². The molecule has 1 unspecified atom stereocenters. The second-order valence-electron chi connectivity index (χ2n) is 6.98. The Labute approximate surface area is 163 Å². The molecule has 8 heteroatoms. The number of nitrogens with zero attached hydrogens (tertiary/aromatic N) is 2. The van der Waals surface area contributed by atoms with Gasteiger partial charge in [0.2, 0.25) is 5.91 Å². The molecule has 28 heavy (non-hydrogen) atoms. The molecule has 1 N–H and O–H groups in total. The molecule has 1 aromatic heterocycles. The summed E-state index contributed by atoms with van der Waals surface area (Å²) in [5.41, 5.74) is 2.56. The summed E-state index contributed by atoms with van der Waals surface area (Å²) in [5.74, 6) is 0.246. The van der Waals surface area contributed by atoms with Crippen LogP contribution in [0.25, 0.3) is 0 Å². The second-order valence-corrected chi connectivity index (χ2v) is 6.98.